The van der Waals surface area contributed by atoms with Gasteiger partial charge in [-0.2, -0.15) is 0 Å². The highest BCUT2D eigenvalue weighted by molar-refractivity contribution is 6.00. The van der Waals surface area contributed by atoms with E-state index in [-0.39, 0.29) is 11.8 Å². The number of ether oxygens (including phenoxy) is 2. The van der Waals surface area contributed by atoms with Crippen LogP contribution in [0.25, 0.3) is 0 Å². The van der Waals surface area contributed by atoms with Crippen molar-refractivity contribution < 1.29 is 19.1 Å². The van der Waals surface area contributed by atoms with Crippen LogP contribution in [0.3, 0.4) is 0 Å². The first-order valence-electron chi connectivity index (χ1n) is 7.23. The Morgan fingerprint density at radius 3 is 3.00 bits per heavy atom. The fourth-order valence-corrected chi connectivity index (χ4v) is 2.57. The standard InChI is InChI=1S/C15H18N2O4/c18-14(17-11-5-1-2-7-16-15(11)19)10-4-3-6-12-13(10)21-9-8-20-12/h3-4,6,11H,1-2,5,7-9H2,(H,16,19)(H,17,18). The Bertz CT molecular complexity index is 559. The molecule has 0 radical (unpaired) electrons. The molecule has 3 rings (SSSR count). The molecule has 6 nitrogen and oxygen atoms in total. The summed E-state index contributed by atoms with van der Waals surface area (Å²) in [5.74, 6) is 0.594. The quantitative estimate of drug-likeness (QED) is 0.847. The Morgan fingerprint density at radius 2 is 2.10 bits per heavy atom. The van der Waals surface area contributed by atoms with Gasteiger partial charge in [0.1, 0.15) is 19.3 Å². The molecule has 6 heteroatoms. The highest BCUT2D eigenvalue weighted by Crippen LogP contribution is 2.33. The number of fused-ring (bicyclic) bond motifs is 1. The van der Waals surface area contributed by atoms with E-state index in [0.29, 0.717) is 43.2 Å². The minimum absolute atomic E-state index is 0.122. The molecular formula is C15H18N2O4. The Labute approximate surface area is 122 Å². The second-order valence-electron chi connectivity index (χ2n) is 5.14. The maximum atomic E-state index is 12.4. The van der Waals surface area contributed by atoms with Crippen LogP contribution in [0.4, 0.5) is 0 Å². The van der Waals surface area contributed by atoms with E-state index >= 15 is 0 Å². The zero-order valence-electron chi connectivity index (χ0n) is 11.7. The van der Waals surface area contributed by atoms with Gasteiger partial charge in [-0.25, -0.2) is 0 Å². The van der Waals surface area contributed by atoms with E-state index in [2.05, 4.69) is 10.6 Å². The smallest absolute Gasteiger partial charge is 0.255 e. The molecule has 0 bridgehead atoms. The van der Waals surface area contributed by atoms with E-state index in [1.54, 1.807) is 18.2 Å². The van der Waals surface area contributed by atoms with Crippen LogP contribution in [-0.4, -0.2) is 37.6 Å². The molecule has 0 aromatic heterocycles. The lowest BCUT2D eigenvalue weighted by Crippen LogP contribution is -2.45. The number of rotatable bonds is 2. The van der Waals surface area contributed by atoms with Crippen LogP contribution in [-0.2, 0) is 4.79 Å². The fourth-order valence-electron chi connectivity index (χ4n) is 2.57. The summed E-state index contributed by atoms with van der Waals surface area (Å²) in [5, 5.41) is 5.59. The molecule has 1 atom stereocenters. The number of carbonyl (C=O) groups excluding carboxylic acids is 2. The summed E-state index contributed by atoms with van der Waals surface area (Å²) in [5.41, 5.74) is 0.407. The second-order valence-corrected chi connectivity index (χ2v) is 5.14. The average Bonchev–Trinajstić information content (AvgIpc) is 2.71. The largest absolute Gasteiger partial charge is 0.486 e. The van der Waals surface area contributed by atoms with Gasteiger partial charge in [-0.3, -0.25) is 9.59 Å². The first kappa shape index (κ1) is 13.7. The highest BCUT2D eigenvalue weighted by atomic mass is 16.6. The summed E-state index contributed by atoms with van der Waals surface area (Å²) in [6.07, 6.45) is 2.51. The van der Waals surface area contributed by atoms with Crippen molar-refractivity contribution in [2.75, 3.05) is 19.8 Å². The number of hydrogen-bond acceptors (Lipinski definition) is 4. The molecule has 1 fully saturated rings. The zero-order chi connectivity index (χ0) is 14.7. The van der Waals surface area contributed by atoms with Gasteiger partial charge in [-0.1, -0.05) is 6.07 Å². The summed E-state index contributed by atoms with van der Waals surface area (Å²) in [4.78, 5) is 24.3. The van der Waals surface area contributed by atoms with E-state index in [0.717, 1.165) is 12.8 Å². The first-order chi connectivity index (χ1) is 10.3. The van der Waals surface area contributed by atoms with Crippen molar-refractivity contribution in [2.45, 2.75) is 25.3 Å². The molecule has 0 spiro atoms. The van der Waals surface area contributed by atoms with Crippen molar-refractivity contribution >= 4 is 11.8 Å². The summed E-state index contributed by atoms with van der Waals surface area (Å²) in [7, 11) is 0. The maximum absolute atomic E-state index is 12.4. The van der Waals surface area contributed by atoms with Crippen molar-refractivity contribution in [1.82, 2.24) is 10.6 Å². The van der Waals surface area contributed by atoms with E-state index in [9.17, 15) is 9.59 Å². The molecule has 0 aliphatic carbocycles. The third-order valence-corrected chi connectivity index (χ3v) is 3.65. The van der Waals surface area contributed by atoms with Gasteiger partial charge in [0.25, 0.3) is 5.91 Å². The lowest BCUT2D eigenvalue weighted by Gasteiger charge is -2.21. The van der Waals surface area contributed by atoms with Crippen LogP contribution in [0.5, 0.6) is 11.5 Å². The number of nitrogens with one attached hydrogen (secondary N) is 2. The van der Waals surface area contributed by atoms with Gasteiger partial charge >= 0.3 is 0 Å². The monoisotopic (exact) mass is 290 g/mol. The molecule has 2 aliphatic heterocycles. The molecule has 1 aromatic rings. The summed E-state index contributed by atoms with van der Waals surface area (Å²) >= 11 is 0. The van der Waals surface area contributed by atoms with Gasteiger partial charge in [-0.15, -0.1) is 0 Å². The molecule has 2 aliphatic rings. The van der Waals surface area contributed by atoms with Crippen LogP contribution in [0.1, 0.15) is 29.6 Å². The second kappa shape index (κ2) is 6.03. The normalized spacial score (nSPS) is 21.1. The van der Waals surface area contributed by atoms with Crippen molar-refractivity contribution in [2.24, 2.45) is 0 Å². The van der Waals surface area contributed by atoms with Crippen LogP contribution in [0.15, 0.2) is 18.2 Å². The van der Waals surface area contributed by atoms with E-state index in [1.165, 1.54) is 0 Å². The van der Waals surface area contributed by atoms with Gasteiger partial charge in [0.2, 0.25) is 5.91 Å². The Morgan fingerprint density at radius 1 is 1.24 bits per heavy atom. The average molecular weight is 290 g/mol. The van der Waals surface area contributed by atoms with Gasteiger partial charge < -0.3 is 20.1 Å². The molecule has 0 saturated carbocycles. The number of para-hydroxylation sites is 1. The van der Waals surface area contributed by atoms with Crippen LogP contribution >= 0.6 is 0 Å². The molecule has 1 aromatic carbocycles. The van der Waals surface area contributed by atoms with E-state index in [4.69, 9.17) is 9.47 Å². The predicted octanol–water partition coefficient (Wildman–Crippen LogP) is 0.856. The number of hydrogen-bond donors (Lipinski definition) is 2. The Hall–Kier alpha value is -2.24. The van der Waals surface area contributed by atoms with E-state index in [1.807, 2.05) is 0 Å². The molecular weight excluding hydrogens is 272 g/mol. The molecule has 112 valence electrons. The van der Waals surface area contributed by atoms with Crippen LogP contribution in [0, 0.1) is 0 Å². The maximum Gasteiger partial charge on any atom is 0.255 e. The molecule has 21 heavy (non-hydrogen) atoms. The number of amides is 2. The van der Waals surface area contributed by atoms with Crippen molar-refractivity contribution in [3.63, 3.8) is 0 Å². The zero-order valence-corrected chi connectivity index (χ0v) is 11.7. The minimum Gasteiger partial charge on any atom is -0.486 e. The number of benzene rings is 1. The SMILES string of the molecule is O=C(NC1CCCCNC1=O)c1cccc2c1OCCO2. The van der Waals surface area contributed by atoms with Crippen molar-refractivity contribution in [1.29, 1.82) is 0 Å². The van der Waals surface area contributed by atoms with Crippen molar-refractivity contribution in [3.05, 3.63) is 23.8 Å². The first-order valence-corrected chi connectivity index (χ1v) is 7.23. The molecule has 1 unspecified atom stereocenters. The third-order valence-electron chi connectivity index (χ3n) is 3.65. The van der Waals surface area contributed by atoms with Crippen molar-refractivity contribution in [3.8, 4) is 11.5 Å². The molecule has 1 saturated heterocycles. The highest BCUT2D eigenvalue weighted by Gasteiger charge is 2.26. The molecule has 2 N–H and O–H groups in total. The summed E-state index contributed by atoms with van der Waals surface area (Å²) < 4.78 is 11.0. The van der Waals surface area contributed by atoms with Crippen LogP contribution < -0.4 is 20.1 Å². The molecule has 2 heterocycles. The minimum atomic E-state index is -0.486. The van der Waals surface area contributed by atoms with Gasteiger partial charge in [-0.05, 0) is 31.4 Å². The fraction of sp³-hybridized carbons (Fsp3) is 0.467. The molecule has 2 amide bonds. The Balaban J connectivity index is 1.77. The topological polar surface area (TPSA) is 76.7 Å². The Kier molecular flexibility index (Phi) is 3.94. The summed E-state index contributed by atoms with van der Waals surface area (Å²) in [6.45, 7) is 1.56. The summed E-state index contributed by atoms with van der Waals surface area (Å²) in [6, 6.07) is 4.71. The van der Waals surface area contributed by atoms with Gasteiger partial charge in [0.05, 0.1) is 5.56 Å². The predicted molar refractivity (Wildman–Crippen MR) is 75.5 cm³/mol. The van der Waals surface area contributed by atoms with Crippen LogP contribution in [0.2, 0.25) is 0 Å². The van der Waals surface area contributed by atoms with Gasteiger partial charge in [0, 0.05) is 6.54 Å². The lowest BCUT2D eigenvalue weighted by molar-refractivity contribution is -0.122. The number of carbonyl (C=O) groups is 2. The van der Waals surface area contributed by atoms with Gasteiger partial charge in [0.15, 0.2) is 11.5 Å². The third kappa shape index (κ3) is 2.94. The lowest BCUT2D eigenvalue weighted by atomic mass is 10.1. The van der Waals surface area contributed by atoms with E-state index < -0.39 is 6.04 Å².